The molecule has 3 rings (SSSR count). The number of hydrogen-bond acceptors (Lipinski definition) is 3. The lowest BCUT2D eigenvalue weighted by molar-refractivity contribution is 0.539. The van der Waals surface area contributed by atoms with Gasteiger partial charge in [0.2, 0.25) is 0 Å². The number of aromatic nitrogens is 2. The van der Waals surface area contributed by atoms with Crippen molar-refractivity contribution in [2.75, 3.05) is 17.8 Å². The molecule has 0 aliphatic carbocycles. The largest absolute Gasteiger partial charge is 0.341 e. The minimum absolute atomic E-state index is 0.113. The van der Waals surface area contributed by atoms with Crippen molar-refractivity contribution in [3.05, 3.63) is 35.7 Å². The number of thioether (sulfide) groups is 2. The normalized spacial score (nSPS) is 19.5. The third kappa shape index (κ3) is 2.83. The van der Waals surface area contributed by atoms with Crippen molar-refractivity contribution in [3.63, 3.8) is 0 Å². The summed E-state index contributed by atoms with van der Waals surface area (Å²) in [5.41, 5.74) is 3.97. The Kier molecular flexibility index (Phi) is 4.11. The molecule has 22 heavy (non-hydrogen) atoms. The van der Waals surface area contributed by atoms with E-state index in [-0.39, 0.29) is 10.8 Å². The van der Waals surface area contributed by atoms with Crippen LogP contribution in [0.2, 0.25) is 0 Å². The summed E-state index contributed by atoms with van der Waals surface area (Å²) in [5, 5.41) is 0. The molecule has 118 valence electrons. The predicted molar refractivity (Wildman–Crippen MR) is 99.2 cm³/mol. The van der Waals surface area contributed by atoms with Crippen LogP contribution < -0.4 is 0 Å². The zero-order valence-corrected chi connectivity index (χ0v) is 15.6. The van der Waals surface area contributed by atoms with E-state index in [1.807, 2.05) is 11.8 Å². The molecule has 0 bridgehead atoms. The molecule has 0 unspecified atom stereocenters. The second-order valence-electron chi connectivity index (χ2n) is 7.30. The summed E-state index contributed by atoms with van der Waals surface area (Å²) >= 11 is 3.80. The fraction of sp³-hybridized carbons (Fsp3) is 0.500. The molecule has 0 fully saturated rings. The number of rotatable bonds is 2. The van der Waals surface area contributed by atoms with Crippen molar-refractivity contribution in [2.24, 2.45) is 0 Å². The minimum atomic E-state index is 0.113. The molecule has 4 heteroatoms. The van der Waals surface area contributed by atoms with E-state index in [2.05, 4.69) is 63.2 Å². The highest BCUT2D eigenvalue weighted by atomic mass is 32.2. The van der Waals surface area contributed by atoms with Crippen LogP contribution in [0.5, 0.6) is 0 Å². The van der Waals surface area contributed by atoms with Crippen molar-refractivity contribution in [2.45, 2.75) is 43.4 Å². The van der Waals surface area contributed by atoms with Gasteiger partial charge in [-0.1, -0.05) is 39.8 Å². The Labute approximate surface area is 141 Å². The van der Waals surface area contributed by atoms with E-state index in [0.29, 0.717) is 0 Å². The fourth-order valence-corrected chi connectivity index (χ4v) is 4.75. The molecule has 1 aliphatic rings. The van der Waals surface area contributed by atoms with Gasteiger partial charge in [0, 0.05) is 38.5 Å². The number of H-pyrrole nitrogens is 1. The molecule has 1 aromatic heterocycles. The van der Waals surface area contributed by atoms with E-state index in [1.165, 1.54) is 21.8 Å². The first-order valence-electron chi connectivity index (χ1n) is 7.67. The van der Waals surface area contributed by atoms with Crippen molar-refractivity contribution >= 4 is 23.5 Å². The van der Waals surface area contributed by atoms with Gasteiger partial charge in [0.25, 0.3) is 0 Å². The molecular formula is C18H24N2S2. The van der Waals surface area contributed by atoms with Gasteiger partial charge in [0.1, 0.15) is 5.82 Å². The number of fused-ring (bicyclic) bond motifs is 1. The molecule has 0 amide bonds. The lowest BCUT2D eigenvalue weighted by Crippen LogP contribution is -2.24. The van der Waals surface area contributed by atoms with Crippen molar-refractivity contribution in [3.8, 4) is 11.4 Å². The number of aromatic amines is 1. The SMILES string of the molecule is CSc1ccc(-c2nc3c([nH]2)C(C)(C)CSCC3(C)C)cc1. The van der Waals surface area contributed by atoms with E-state index in [9.17, 15) is 0 Å². The van der Waals surface area contributed by atoms with Gasteiger partial charge in [-0.05, 0) is 18.4 Å². The van der Waals surface area contributed by atoms with Gasteiger partial charge in [0.15, 0.2) is 0 Å². The maximum absolute atomic E-state index is 5.01. The summed E-state index contributed by atoms with van der Waals surface area (Å²) in [6, 6.07) is 8.66. The molecule has 0 saturated carbocycles. The van der Waals surface area contributed by atoms with Crippen LogP contribution in [0.3, 0.4) is 0 Å². The van der Waals surface area contributed by atoms with Gasteiger partial charge in [-0.15, -0.1) is 11.8 Å². The molecule has 0 atom stereocenters. The minimum Gasteiger partial charge on any atom is -0.341 e. The average molecular weight is 333 g/mol. The summed E-state index contributed by atoms with van der Waals surface area (Å²) in [6.07, 6.45) is 2.10. The molecular weight excluding hydrogens is 308 g/mol. The maximum Gasteiger partial charge on any atom is 0.137 e. The highest BCUT2D eigenvalue weighted by molar-refractivity contribution is 7.99. The number of hydrogen-bond donors (Lipinski definition) is 1. The predicted octanol–water partition coefficient (Wildman–Crippen LogP) is 5.10. The molecule has 0 saturated heterocycles. The number of nitrogens with zero attached hydrogens (tertiary/aromatic N) is 1. The zero-order chi connectivity index (χ0) is 16.0. The van der Waals surface area contributed by atoms with Gasteiger partial charge in [-0.3, -0.25) is 0 Å². The Balaban J connectivity index is 2.09. The summed E-state index contributed by atoms with van der Waals surface area (Å²) in [7, 11) is 0. The van der Waals surface area contributed by atoms with Crippen molar-refractivity contribution < 1.29 is 0 Å². The van der Waals surface area contributed by atoms with Gasteiger partial charge in [0.05, 0.1) is 5.69 Å². The van der Waals surface area contributed by atoms with Gasteiger partial charge < -0.3 is 4.98 Å². The summed E-state index contributed by atoms with van der Waals surface area (Å²) in [4.78, 5) is 9.94. The fourth-order valence-electron chi connectivity index (χ4n) is 2.94. The standard InChI is InChI=1S/C18H24N2S2/c1-17(2)10-22-11-18(3,4)15-14(17)19-16(20-15)12-6-8-13(21-5)9-7-12/h6-9H,10-11H2,1-5H3,(H,19,20). The van der Waals surface area contributed by atoms with Crippen LogP contribution in [-0.4, -0.2) is 27.7 Å². The lowest BCUT2D eigenvalue weighted by atomic mass is 9.82. The van der Waals surface area contributed by atoms with Crippen LogP contribution in [0.25, 0.3) is 11.4 Å². The third-order valence-electron chi connectivity index (χ3n) is 4.31. The first kappa shape index (κ1) is 16.0. The van der Waals surface area contributed by atoms with Crippen molar-refractivity contribution in [1.29, 1.82) is 0 Å². The summed E-state index contributed by atoms with van der Waals surface area (Å²) < 4.78 is 0. The van der Waals surface area contributed by atoms with Crippen LogP contribution in [0.15, 0.2) is 29.2 Å². The average Bonchev–Trinajstić information content (AvgIpc) is 2.91. The lowest BCUT2D eigenvalue weighted by Gasteiger charge is -2.23. The van der Waals surface area contributed by atoms with Crippen molar-refractivity contribution in [1.82, 2.24) is 9.97 Å². The van der Waals surface area contributed by atoms with Crippen LogP contribution in [-0.2, 0) is 10.8 Å². The van der Waals surface area contributed by atoms with Crippen LogP contribution >= 0.6 is 23.5 Å². The van der Waals surface area contributed by atoms with Crippen LogP contribution in [0, 0.1) is 0 Å². The molecule has 2 nitrogen and oxygen atoms in total. The van der Waals surface area contributed by atoms with E-state index in [0.717, 1.165) is 17.3 Å². The third-order valence-corrected chi connectivity index (χ3v) is 6.91. The number of nitrogens with one attached hydrogen (secondary N) is 1. The highest BCUT2D eigenvalue weighted by Gasteiger charge is 2.38. The smallest absolute Gasteiger partial charge is 0.137 e. The van der Waals surface area contributed by atoms with Gasteiger partial charge >= 0.3 is 0 Å². The van der Waals surface area contributed by atoms with E-state index in [1.54, 1.807) is 11.8 Å². The van der Waals surface area contributed by atoms with E-state index >= 15 is 0 Å². The van der Waals surface area contributed by atoms with Gasteiger partial charge in [-0.25, -0.2) is 4.98 Å². The summed E-state index contributed by atoms with van der Waals surface area (Å²) in [6.45, 7) is 9.25. The number of benzene rings is 1. The quantitative estimate of drug-likeness (QED) is 0.776. The molecule has 2 heterocycles. The Hall–Kier alpha value is -0.870. The topological polar surface area (TPSA) is 28.7 Å². The van der Waals surface area contributed by atoms with Crippen LogP contribution in [0.4, 0.5) is 0 Å². The highest BCUT2D eigenvalue weighted by Crippen LogP contribution is 2.41. The Morgan fingerprint density at radius 3 is 2.32 bits per heavy atom. The molecule has 0 spiro atoms. The van der Waals surface area contributed by atoms with E-state index < -0.39 is 0 Å². The van der Waals surface area contributed by atoms with E-state index in [4.69, 9.17) is 4.98 Å². The Bertz CT molecular complexity index is 635. The molecule has 0 radical (unpaired) electrons. The molecule has 1 aromatic carbocycles. The molecule has 1 aliphatic heterocycles. The van der Waals surface area contributed by atoms with Gasteiger partial charge in [-0.2, -0.15) is 11.8 Å². The second-order valence-corrected chi connectivity index (χ2v) is 9.16. The Morgan fingerprint density at radius 1 is 1.05 bits per heavy atom. The number of imidazole rings is 1. The summed E-state index contributed by atoms with van der Waals surface area (Å²) in [5.74, 6) is 3.26. The molecule has 2 aromatic rings. The van der Waals surface area contributed by atoms with Crippen LogP contribution in [0.1, 0.15) is 39.1 Å². The first-order chi connectivity index (χ1) is 10.3. The monoisotopic (exact) mass is 332 g/mol. The first-order valence-corrected chi connectivity index (χ1v) is 10.0. The maximum atomic E-state index is 5.01. The molecule has 1 N–H and O–H groups in total. The zero-order valence-electron chi connectivity index (χ0n) is 14.0. The Morgan fingerprint density at radius 2 is 1.68 bits per heavy atom. The second kappa shape index (κ2) is 5.64.